The fourth-order valence-electron chi connectivity index (χ4n) is 1.88. The van der Waals surface area contributed by atoms with Crippen molar-refractivity contribution in [2.75, 3.05) is 6.54 Å². The molecule has 0 spiro atoms. The lowest BCUT2D eigenvalue weighted by Crippen LogP contribution is -2.37. The van der Waals surface area contributed by atoms with E-state index in [-0.39, 0.29) is 16.9 Å². The number of carbonyl (C=O) groups is 1. The average molecular weight is 217 g/mol. The van der Waals surface area contributed by atoms with Crippen LogP contribution in [0.5, 0.6) is 0 Å². The fourth-order valence-corrected chi connectivity index (χ4v) is 1.88. The van der Waals surface area contributed by atoms with Gasteiger partial charge in [-0.1, -0.05) is 0 Å². The van der Waals surface area contributed by atoms with Crippen LogP contribution in [-0.2, 0) is 0 Å². The molecule has 1 atom stereocenters. The second-order valence-electron chi connectivity index (χ2n) is 3.71. The number of nitrogens with zero attached hydrogens (tertiary/aromatic N) is 2. The zero-order valence-electron chi connectivity index (χ0n) is 8.64. The smallest absolute Gasteiger partial charge is 0.260 e. The number of pyridine rings is 1. The van der Waals surface area contributed by atoms with Crippen molar-refractivity contribution in [3.05, 3.63) is 34.2 Å². The summed E-state index contributed by atoms with van der Waals surface area (Å²) in [5.41, 5.74) is -0.211. The largest absolute Gasteiger partial charge is 0.367 e. The Labute approximate surface area is 92.3 Å². The molecule has 1 aromatic heterocycles. The van der Waals surface area contributed by atoms with Gasteiger partial charge in [-0.3, -0.25) is 9.59 Å². The van der Waals surface area contributed by atoms with Crippen LogP contribution in [0.2, 0.25) is 0 Å². The van der Waals surface area contributed by atoms with Gasteiger partial charge >= 0.3 is 0 Å². The Morgan fingerprint density at radius 2 is 2.44 bits per heavy atom. The Morgan fingerprint density at radius 3 is 3.12 bits per heavy atom. The minimum atomic E-state index is -0.396. The molecule has 0 aromatic carbocycles. The van der Waals surface area contributed by atoms with Crippen LogP contribution in [0.15, 0.2) is 23.3 Å². The maximum absolute atomic E-state index is 12.0. The number of aromatic amines is 1. The molecular formula is C11H11N3O2. The number of nitriles is 1. The molecule has 0 bridgehead atoms. The molecule has 5 nitrogen and oxygen atoms in total. The highest BCUT2D eigenvalue weighted by molar-refractivity contribution is 5.94. The number of amides is 1. The van der Waals surface area contributed by atoms with E-state index in [2.05, 4.69) is 11.1 Å². The molecular weight excluding hydrogens is 206 g/mol. The van der Waals surface area contributed by atoms with Crippen LogP contribution in [0.3, 0.4) is 0 Å². The van der Waals surface area contributed by atoms with Crippen LogP contribution in [-0.4, -0.2) is 28.4 Å². The van der Waals surface area contributed by atoms with Gasteiger partial charge in [0.05, 0.1) is 6.07 Å². The predicted molar refractivity (Wildman–Crippen MR) is 56.7 cm³/mol. The number of hydrogen-bond donors (Lipinski definition) is 1. The van der Waals surface area contributed by atoms with E-state index in [1.54, 1.807) is 0 Å². The minimum absolute atomic E-state index is 0.102. The van der Waals surface area contributed by atoms with Crippen molar-refractivity contribution < 1.29 is 4.79 Å². The molecule has 0 saturated carbocycles. The summed E-state index contributed by atoms with van der Waals surface area (Å²) in [5.74, 6) is -0.356. The third-order valence-electron chi connectivity index (χ3n) is 2.72. The highest BCUT2D eigenvalue weighted by Gasteiger charge is 2.30. The second-order valence-corrected chi connectivity index (χ2v) is 3.71. The molecule has 2 rings (SSSR count). The molecule has 1 saturated heterocycles. The molecule has 82 valence electrons. The van der Waals surface area contributed by atoms with Crippen molar-refractivity contribution >= 4 is 5.91 Å². The zero-order chi connectivity index (χ0) is 11.5. The van der Waals surface area contributed by atoms with Crippen LogP contribution in [0, 0.1) is 11.3 Å². The zero-order valence-corrected chi connectivity index (χ0v) is 8.64. The van der Waals surface area contributed by atoms with E-state index < -0.39 is 6.04 Å². The number of nitrogens with one attached hydrogen (secondary N) is 1. The Hall–Kier alpha value is -2.09. The standard InChI is InChI=1S/C11H11N3O2/c12-6-8-2-1-5-14(8)11(16)9-7-13-4-3-10(9)15/h3-4,7-8H,1-2,5H2,(H,13,15). The summed E-state index contributed by atoms with van der Waals surface area (Å²) in [4.78, 5) is 27.6. The van der Waals surface area contributed by atoms with Crippen molar-refractivity contribution in [2.24, 2.45) is 0 Å². The van der Waals surface area contributed by atoms with Gasteiger partial charge in [-0.05, 0) is 12.8 Å². The van der Waals surface area contributed by atoms with Gasteiger partial charge in [-0.15, -0.1) is 0 Å². The molecule has 1 aliphatic rings. The van der Waals surface area contributed by atoms with Gasteiger partial charge in [0.1, 0.15) is 11.6 Å². The van der Waals surface area contributed by atoms with Gasteiger partial charge in [0, 0.05) is 25.0 Å². The van der Waals surface area contributed by atoms with E-state index >= 15 is 0 Å². The average Bonchev–Trinajstić information content (AvgIpc) is 2.77. The minimum Gasteiger partial charge on any atom is -0.367 e. The topological polar surface area (TPSA) is 77.0 Å². The lowest BCUT2D eigenvalue weighted by atomic mass is 10.2. The number of H-pyrrole nitrogens is 1. The number of rotatable bonds is 1. The maximum atomic E-state index is 12.0. The van der Waals surface area contributed by atoms with Gasteiger partial charge in [-0.25, -0.2) is 0 Å². The monoisotopic (exact) mass is 217 g/mol. The Morgan fingerprint density at radius 1 is 1.62 bits per heavy atom. The van der Waals surface area contributed by atoms with Crippen LogP contribution in [0.4, 0.5) is 0 Å². The van der Waals surface area contributed by atoms with Crippen molar-refractivity contribution in [3.63, 3.8) is 0 Å². The Kier molecular flexibility index (Phi) is 2.73. The number of likely N-dealkylation sites (tertiary alicyclic amines) is 1. The first-order chi connectivity index (χ1) is 7.74. The lowest BCUT2D eigenvalue weighted by Gasteiger charge is -2.18. The summed E-state index contributed by atoms with van der Waals surface area (Å²) < 4.78 is 0. The molecule has 2 heterocycles. The number of hydrogen-bond acceptors (Lipinski definition) is 3. The fraction of sp³-hybridized carbons (Fsp3) is 0.364. The number of aromatic nitrogens is 1. The van der Waals surface area contributed by atoms with Gasteiger partial charge in [0.25, 0.3) is 5.91 Å². The summed E-state index contributed by atoms with van der Waals surface area (Å²) in [6.45, 7) is 0.547. The van der Waals surface area contributed by atoms with E-state index in [9.17, 15) is 9.59 Å². The lowest BCUT2D eigenvalue weighted by molar-refractivity contribution is 0.0763. The van der Waals surface area contributed by atoms with E-state index in [0.717, 1.165) is 6.42 Å². The summed E-state index contributed by atoms with van der Waals surface area (Å²) in [6, 6.07) is 2.99. The molecule has 1 fully saturated rings. The van der Waals surface area contributed by atoms with Crippen molar-refractivity contribution in [2.45, 2.75) is 18.9 Å². The van der Waals surface area contributed by atoms with E-state index in [1.165, 1.54) is 23.4 Å². The third-order valence-corrected chi connectivity index (χ3v) is 2.72. The quantitative estimate of drug-likeness (QED) is 0.744. The van der Waals surface area contributed by atoms with Crippen LogP contribution >= 0.6 is 0 Å². The SMILES string of the molecule is N#CC1CCCN1C(=O)c1c[nH]ccc1=O. The number of carbonyl (C=O) groups excluding carboxylic acids is 1. The summed E-state index contributed by atoms with van der Waals surface area (Å²) in [7, 11) is 0. The summed E-state index contributed by atoms with van der Waals surface area (Å²) in [6.07, 6.45) is 4.37. The first kappa shape index (κ1) is 10.4. The van der Waals surface area contributed by atoms with Gasteiger partial charge in [-0.2, -0.15) is 5.26 Å². The first-order valence-electron chi connectivity index (χ1n) is 5.11. The van der Waals surface area contributed by atoms with Crippen molar-refractivity contribution in [3.8, 4) is 6.07 Å². The molecule has 1 aromatic rings. The van der Waals surface area contributed by atoms with E-state index in [1.807, 2.05) is 0 Å². The molecule has 1 amide bonds. The van der Waals surface area contributed by atoms with Crippen LogP contribution in [0.25, 0.3) is 0 Å². The molecule has 0 radical (unpaired) electrons. The van der Waals surface area contributed by atoms with Crippen LogP contribution in [0.1, 0.15) is 23.2 Å². The van der Waals surface area contributed by atoms with Crippen molar-refractivity contribution in [1.82, 2.24) is 9.88 Å². The third kappa shape index (κ3) is 1.70. The summed E-state index contributed by atoms with van der Waals surface area (Å²) >= 11 is 0. The van der Waals surface area contributed by atoms with E-state index in [4.69, 9.17) is 5.26 Å². The highest BCUT2D eigenvalue weighted by Crippen LogP contribution is 2.18. The normalized spacial score (nSPS) is 19.4. The van der Waals surface area contributed by atoms with Gasteiger partial charge in [0.15, 0.2) is 5.43 Å². The Bertz CT molecular complexity index is 500. The molecule has 1 unspecified atom stereocenters. The maximum Gasteiger partial charge on any atom is 0.260 e. The van der Waals surface area contributed by atoms with Crippen LogP contribution < -0.4 is 5.43 Å². The molecule has 1 aliphatic heterocycles. The van der Waals surface area contributed by atoms with Gasteiger partial charge in [0.2, 0.25) is 0 Å². The first-order valence-corrected chi connectivity index (χ1v) is 5.11. The summed E-state index contributed by atoms with van der Waals surface area (Å²) in [5, 5.41) is 8.87. The second kappa shape index (κ2) is 4.19. The molecule has 1 N–H and O–H groups in total. The molecule has 16 heavy (non-hydrogen) atoms. The molecule has 0 aliphatic carbocycles. The molecule has 5 heteroatoms. The van der Waals surface area contributed by atoms with Gasteiger partial charge < -0.3 is 9.88 Å². The van der Waals surface area contributed by atoms with Crippen molar-refractivity contribution in [1.29, 1.82) is 5.26 Å². The Balaban J connectivity index is 2.30. The highest BCUT2D eigenvalue weighted by atomic mass is 16.2. The predicted octanol–water partition coefficient (Wildman–Crippen LogP) is 0.503. The van der Waals surface area contributed by atoms with E-state index in [0.29, 0.717) is 13.0 Å².